The third-order valence-electron chi connectivity index (χ3n) is 1.58. The van der Waals surface area contributed by atoms with E-state index < -0.39 is 22.8 Å². The second kappa shape index (κ2) is 4.42. The highest BCUT2D eigenvalue weighted by atomic mass is 32.2. The molecule has 0 saturated carbocycles. The average molecular weight is 194 g/mol. The lowest BCUT2D eigenvalue weighted by Gasteiger charge is -2.22. The molecule has 12 heavy (non-hydrogen) atoms. The minimum absolute atomic E-state index is 0.111. The molecule has 1 atom stereocenters. The van der Waals surface area contributed by atoms with E-state index in [4.69, 9.17) is 5.73 Å². The van der Waals surface area contributed by atoms with Crippen LogP contribution in [0.4, 0.5) is 0 Å². The Hall–Kier alpha value is -0.620. The van der Waals surface area contributed by atoms with Crippen LogP contribution in [0.3, 0.4) is 0 Å². The number of rotatable bonds is 4. The summed E-state index contributed by atoms with van der Waals surface area (Å²) < 4.78 is 22.0. The van der Waals surface area contributed by atoms with Crippen molar-refractivity contribution < 1.29 is 13.2 Å². The van der Waals surface area contributed by atoms with Crippen LogP contribution >= 0.6 is 0 Å². The molecule has 0 heterocycles. The molecule has 0 fully saturated rings. The summed E-state index contributed by atoms with van der Waals surface area (Å²) >= 11 is 0. The van der Waals surface area contributed by atoms with Crippen LogP contribution < -0.4 is 5.73 Å². The lowest BCUT2D eigenvalue weighted by molar-refractivity contribution is -0.122. The van der Waals surface area contributed by atoms with Crippen LogP contribution in [-0.2, 0) is 15.7 Å². The molecule has 0 aromatic carbocycles. The molecule has 72 valence electrons. The van der Waals surface area contributed by atoms with Gasteiger partial charge in [0.05, 0.1) is 0 Å². The van der Waals surface area contributed by atoms with Crippen molar-refractivity contribution in [1.82, 2.24) is 4.31 Å². The minimum atomic E-state index is -2.73. The Bertz CT molecular complexity index is 229. The van der Waals surface area contributed by atoms with Crippen molar-refractivity contribution in [3.05, 3.63) is 0 Å². The Morgan fingerprint density at radius 2 is 1.83 bits per heavy atom. The quantitative estimate of drug-likeness (QED) is 0.561. The number of primary amides is 1. The zero-order valence-corrected chi connectivity index (χ0v) is 8.25. The molecule has 0 saturated heterocycles. The molecule has 2 N–H and O–H groups in total. The van der Waals surface area contributed by atoms with Crippen LogP contribution in [0.1, 0.15) is 13.8 Å². The van der Waals surface area contributed by atoms with Crippen molar-refractivity contribution in [2.75, 3.05) is 7.05 Å². The molecule has 0 bridgehead atoms. The third-order valence-corrected chi connectivity index (χ3v) is 2.35. The van der Waals surface area contributed by atoms with Gasteiger partial charge in [-0.2, -0.15) is 4.31 Å². The number of hydrogen-bond donors (Lipinski definition) is 2. The van der Waals surface area contributed by atoms with Gasteiger partial charge in [0.1, 0.15) is 6.04 Å². The van der Waals surface area contributed by atoms with Crippen LogP contribution in [0.2, 0.25) is 0 Å². The molecular formula is C6H14N2O3S. The van der Waals surface area contributed by atoms with Gasteiger partial charge >= 0.3 is 0 Å². The van der Waals surface area contributed by atoms with Crippen LogP contribution in [0.15, 0.2) is 0 Å². The molecule has 0 aliphatic rings. The molecule has 6 heteroatoms. The molecule has 0 aromatic heterocycles. The Morgan fingerprint density at radius 1 is 1.42 bits per heavy atom. The van der Waals surface area contributed by atoms with Gasteiger partial charge in [0.15, 0.2) is 0 Å². The van der Waals surface area contributed by atoms with E-state index in [-0.39, 0.29) is 5.92 Å². The van der Waals surface area contributed by atoms with Crippen LogP contribution in [0.25, 0.3) is 0 Å². The highest BCUT2D eigenvalue weighted by Crippen LogP contribution is 2.07. The SMILES string of the molecule is CC(C)C(C(N)=O)N(C)[SH](=O)=O. The maximum Gasteiger partial charge on any atom is 0.236 e. The zero-order chi connectivity index (χ0) is 9.89. The van der Waals surface area contributed by atoms with Gasteiger partial charge in [-0.25, -0.2) is 8.42 Å². The van der Waals surface area contributed by atoms with E-state index in [9.17, 15) is 13.2 Å². The average Bonchev–Trinajstić information content (AvgIpc) is 1.85. The number of carbonyl (C=O) groups excluding carboxylic acids is 1. The number of hydrogen-bond acceptors (Lipinski definition) is 3. The highest BCUT2D eigenvalue weighted by molar-refractivity contribution is 7.69. The lowest BCUT2D eigenvalue weighted by atomic mass is 10.0. The predicted molar refractivity (Wildman–Crippen MR) is 45.9 cm³/mol. The summed E-state index contributed by atoms with van der Waals surface area (Å²) in [5.74, 6) is -0.730. The lowest BCUT2D eigenvalue weighted by Crippen LogP contribution is -2.45. The molecule has 1 amide bonds. The van der Waals surface area contributed by atoms with Gasteiger partial charge < -0.3 is 5.73 Å². The summed E-state index contributed by atoms with van der Waals surface area (Å²) in [4.78, 5) is 10.8. The van der Waals surface area contributed by atoms with E-state index in [1.165, 1.54) is 7.05 Å². The summed E-state index contributed by atoms with van der Waals surface area (Å²) in [6.07, 6.45) is 0. The van der Waals surface area contributed by atoms with Crippen molar-refractivity contribution in [2.24, 2.45) is 11.7 Å². The number of likely N-dealkylation sites (N-methyl/N-ethyl adjacent to an activating group) is 1. The number of amides is 1. The Balaban J connectivity index is 4.63. The van der Waals surface area contributed by atoms with Crippen molar-refractivity contribution in [1.29, 1.82) is 0 Å². The first-order chi connectivity index (χ1) is 5.37. The van der Waals surface area contributed by atoms with Gasteiger partial charge in [-0.1, -0.05) is 13.8 Å². The minimum Gasteiger partial charge on any atom is -0.368 e. The van der Waals surface area contributed by atoms with E-state index in [0.717, 1.165) is 4.31 Å². The fraction of sp³-hybridized carbons (Fsp3) is 0.833. The predicted octanol–water partition coefficient (Wildman–Crippen LogP) is -1.05. The molecule has 0 radical (unpaired) electrons. The van der Waals surface area contributed by atoms with E-state index in [0.29, 0.717) is 0 Å². The van der Waals surface area contributed by atoms with Crippen LogP contribution in [0.5, 0.6) is 0 Å². The second-order valence-corrected chi connectivity index (χ2v) is 4.01. The van der Waals surface area contributed by atoms with Gasteiger partial charge in [0, 0.05) is 7.05 Å². The number of nitrogens with zero attached hydrogens (tertiary/aromatic N) is 1. The maximum absolute atomic E-state index is 10.8. The highest BCUT2D eigenvalue weighted by Gasteiger charge is 2.25. The molecule has 0 spiro atoms. The summed E-state index contributed by atoms with van der Waals surface area (Å²) in [5, 5.41) is 0. The molecule has 1 unspecified atom stereocenters. The molecular weight excluding hydrogens is 180 g/mol. The van der Waals surface area contributed by atoms with Crippen molar-refractivity contribution >= 4 is 16.8 Å². The van der Waals surface area contributed by atoms with Crippen molar-refractivity contribution in [3.8, 4) is 0 Å². The largest absolute Gasteiger partial charge is 0.368 e. The first-order valence-corrected chi connectivity index (χ1v) is 4.67. The third kappa shape index (κ3) is 2.78. The van der Waals surface area contributed by atoms with Crippen LogP contribution in [-0.4, -0.2) is 31.7 Å². The molecule has 5 nitrogen and oxygen atoms in total. The molecule has 0 aromatic rings. The van der Waals surface area contributed by atoms with E-state index >= 15 is 0 Å². The van der Waals surface area contributed by atoms with Gasteiger partial charge in [-0.3, -0.25) is 4.79 Å². The fourth-order valence-corrected chi connectivity index (χ4v) is 1.63. The second-order valence-electron chi connectivity index (χ2n) is 2.90. The fourth-order valence-electron chi connectivity index (χ4n) is 1.05. The number of carbonyl (C=O) groups is 1. The van der Waals surface area contributed by atoms with Gasteiger partial charge in [-0.05, 0) is 5.92 Å². The monoisotopic (exact) mass is 194 g/mol. The first-order valence-electron chi connectivity index (χ1n) is 3.54. The first kappa shape index (κ1) is 11.4. The van der Waals surface area contributed by atoms with Crippen molar-refractivity contribution in [3.63, 3.8) is 0 Å². The normalized spacial score (nSPS) is 14.2. The Morgan fingerprint density at radius 3 is 1.92 bits per heavy atom. The Kier molecular flexibility index (Phi) is 4.19. The molecule has 0 aliphatic carbocycles. The molecule has 0 rings (SSSR count). The summed E-state index contributed by atoms with van der Waals surface area (Å²) in [5.41, 5.74) is 5.03. The van der Waals surface area contributed by atoms with Crippen molar-refractivity contribution in [2.45, 2.75) is 19.9 Å². The van der Waals surface area contributed by atoms with Gasteiger partial charge in [0.2, 0.25) is 16.8 Å². The Labute approximate surface area is 73.6 Å². The van der Waals surface area contributed by atoms with Gasteiger partial charge in [0.25, 0.3) is 0 Å². The van der Waals surface area contributed by atoms with Gasteiger partial charge in [-0.15, -0.1) is 0 Å². The van der Waals surface area contributed by atoms with E-state index in [1.54, 1.807) is 13.8 Å². The maximum atomic E-state index is 10.8. The van der Waals surface area contributed by atoms with E-state index in [2.05, 4.69) is 0 Å². The standard InChI is InChI=1S/C6H14N2O3S/c1-4(2)5(6(7)9)8(3)12(10)11/h4-5,12H,1-3H3,(H2,7,9). The molecule has 0 aliphatic heterocycles. The van der Waals surface area contributed by atoms with E-state index in [1.807, 2.05) is 0 Å². The van der Waals surface area contributed by atoms with Crippen LogP contribution in [0, 0.1) is 5.92 Å². The summed E-state index contributed by atoms with van der Waals surface area (Å²) in [6, 6.07) is -0.744. The number of nitrogens with two attached hydrogens (primary N) is 1. The summed E-state index contributed by atoms with van der Waals surface area (Å²) in [6.45, 7) is 3.48. The smallest absolute Gasteiger partial charge is 0.236 e. The number of thiol groups is 1. The topological polar surface area (TPSA) is 80.5 Å². The zero-order valence-electron chi connectivity index (χ0n) is 7.35. The summed E-state index contributed by atoms with van der Waals surface area (Å²) in [7, 11) is -1.40.